The van der Waals surface area contributed by atoms with E-state index >= 15 is 0 Å². The first-order chi connectivity index (χ1) is 19.9. The number of amides is 1. The lowest BCUT2D eigenvalue weighted by Crippen LogP contribution is -2.52. The van der Waals surface area contributed by atoms with Crippen LogP contribution in [0.1, 0.15) is 63.1 Å². The quantitative estimate of drug-likeness (QED) is 0.534. The summed E-state index contributed by atoms with van der Waals surface area (Å²) in [6, 6.07) is 3.67. The van der Waals surface area contributed by atoms with Crippen molar-refractivity contribution in [1.82, 2.24) is 19.8 Å². The first kappa shape index (κ1) is 28.8. The minimum absolute atomic E-state index is 0.133. The maximum absolute atomic E-state index is 14.4. The summed E-state index contributed by atoms with van der Waals surface area (Å²) in [6.07, 6.45) is -3.29. The SMILES string of the molecule is C[C@H]1Oc2c(cc(C3CN(C4CCN(C(=O)OC(C)(C)C)C4)C3)nc2C(F)(F)F)Nc2nccc(N3CCOCC3)c21. The zero-order valence-electron chi connectivity index (χ0n) is 24.3. The van der Waals surface area contributed by atoms with Gasteiger partial charge in [0.25, 0.3) is 0 Å². The van der Waals surface area contributed by atoms with Crippen LogP contribution in [0.15, 0.2) is 18.3 Å². The van der Waals surface area contributed by atoms with E-state index in [4.69, 9.17) is 14.2 Å². The number of morpholine rings is 1. The third kappa shape index (κ3) is 5.68. The summed E-state index contributed by atoms with van der Waals surface area (Å²) in [5, 5.41) is 3.17. The van der Waals surface area contributed by atoms with Gasteiger partial charge in [-0.1, -0.05) is 0 Å². The molecule has 3 saturated heterocycles. The van der Waals surface area contributed by atoms with Crippen molar-refractivity contribution in [2.45, 2.75) is 64.0 Å². The number of hydrogen-bond donors (Lipinski definition) is 1. The second-order valence-electron chi connectivity index (χ2n) is 12.4. The molecular weight excluding hydrogens is 553 g/mol. The van der Waals surface area contributed by atoms with Crippen molar-refractivity contribution in [2.24, 2.45) is 0 Å². The molecule has 0 radical (unpaired) electrons. The fourth-order valence-electron chi connectivity index (χ4n) is 6.10. The average molecular weight is 591 g/mol. The summed E-state index contributed by atoms with van der Waals surface area (Å²) in [4.78, 5) is 27.1. The molecule has 6 rings (SSSR count). The summed E-state index contributed by atoms with van der Waals surface area (Å²) in [6.45, 7) is 12.0. The molecule has 6 heterocycles. The minimum atomic E-state index is -4.71. The largest absolute Gasteiger partial charge is 0.481 e. The van der Waals surface area contributed by atoms with Crippen molar-refractivity contribution in [2.75, 3.05) is 62.7 Å². The Balaban J connectivity index is 1.22. The first-order valence-corrected chi connectivity index (χ1v) is 14.5. The Labute approximate surface area is 243 Å². The molecule has 1 unspecified atom stereocenters. The van der Waals surface area contributed by atoms with Crippen LogP contribution in [0.5, 0.6) is 5.75 Å². The summed E-state index contributed by atoms with van der Waals surface area (Å²) in [5.41, 5.74) is 0.529. The number of hydrogen-bond acceptors (Lipinski definition) is 9. The van der Waals surface area contributed by atoms with Gasteiger partial charge in [0, 0.05) is 68.8 Å². The van der Waals surface area contributed by atoms with Gasteiger partial charge in [-0.05, 0) is 46.2 Å². The predicted octanol–water partition coefficient (Wildman–Crippen LogP) is 4.94. The van der Waals surface area contributed by atoms with Crippen molar-refractivity contribution in [3.63, 3.8) is 0 Å². The number of pyridine rings is 2. The standard InChI is InChI=1S/C29H37F3N6O4/c1-17-23-22(36-9-11-40-12-10-36)5-7-33-26(23)35-21-13-20(34-25(24(21)41-17)29(30,31)32)18-14-38(15-18)19-6-8-37(16-19)27(39)42-28(2,3)4/h5,7,13,17-19H,6,8-12,14-16H2,1-4H3,(H,33,35)/t17-,19?/m1/s1. The summed E-state index contributed by atoms with van der Waals surface area (Å²) >= 11 is 0. The van der Waals surface area contributed by atoms with Gasteiger partial charge in [0.05, 0.1) is 24.5 Å². The summed E-state index contributed by atoms with van der Waals surface area (Å²) < 4.78 is 60.2. The van der Waals surface area contributed by atoms with Crippen LogP contribution in [0.3, 0.4) is 0 Å². The number of anilines is 3. The Kier molecular flexibility index (Phi) is 7.37. The number of carbonyl (C=O) groups excluding carboxylic acids is 1. The Morgan fingerprint density at radius 2 is 1.86 bits per heavy atom. The first-order valence-electron chi connectivity index (χ1n) is 14.5. The van der Waals surface area contributed by atoms with Gasteiger partial charge in [-0.3, -0.25) is 4.90 Å². The second kappa shape index (κ2) is 10.7. The predicted molar refractivity (Wildman–Crippen MR) is 149 cm³/mol. The third-order valence-electron chi connectivity index (χ3n) is 8.19. The van der Waals surface area contributed by atoms with E-state index in [9.17, 15) is 18.0 Å². The molecule has 4 aliphatic heterocycles. The lowest BCUT2D eigenvalue weighted by atomic mass is 9.92. The average Bonchev–Trinajstić information content (AvgIpc) is 3.32. The number of ether oxygens (including phenoxy) is 3. The van der Waals surface area contributed by atoms with E-state index in [2.05, 4.69) is 25.1 Å². The highest BCUT2D eigenvalue weighted by molar-refractivity contribution is 5.75. The summed E-state index contributed by atoms with van der Waals surface area (Å²) in [5.74, 6) is -0.0230. The van der Waals surface area contributed by atoms with Crippen molar-refractivity contribution >= 4 is 23.3 Å². The molecule has 0 saturated carbocycles. The number of likely N-dealkylation sites (tertiary alicyclic amines) is 2. The topological polar surface area (TPSA) is 92.3 Å². The van der Waals surface area contributed by atoms with E-state index in [-0.39, 0.29) is 29.5 Å². The molecule has 0 bridgehead atoms. The molecule has 2 aromatic rings. The number of aromatic nitrogens is 2. The Bertz CT molecular complexity index is 1340. The van der Waals surface area contributed by atoms with Gasteiger partial charge < -0.3 is 29.3 Å². The molecular formula is C29H37F3N6O4. The van der Waals surface area contributed by atoms with E-state index in [1.165, 1.54) is 0 Å². The molecule has 0 spiro atoms. The molecule has 2 aromatic heterocycles. The lowest BCUT2D eigenvalue weighted by molar-refractivity contribution is -0.143. The summed E-state index contributed by atoms with van der Waals surface area (Å²) in [7, 11) is 0. The second-order valence-corrected chi connectivity index (χ2v) is 12.4. The van der Waals surface area contributed by atoms with Crippen LogP contribution < -0.4 is 15.0 Å². The molecule has 0 aromatic carbocycles. The number of nitrogens with one attached hydrogen (secondary N) is 1. The van der Waals surface area contributed by atoms with Crippen LogP contribution >= 0.6 is 0 Å². The van der Waals surface area contributed by atoms with Crippen molar-refractivity contribution in [3.05, 3.63) is 35.3 Å². The number of nitrogens with zero attached hydrogens (tertiary/aromatic N) is 5. The molecule has 4 aliphatic rings. The van der Waals surface area contributed by atoms with Crippen LogP contribution in [0.25, 0.3) is 0 Å². The van der Waals surface area contributed by atoms with Gasteiger partial charge in [-0.25, -0.2) is 14.8 Å². The van der Waals surface area contributed by atoms with E-state index in [0.29, 0.717) is 69.6 Å². The zero-order chi connectivity index (χ0) is 29.8. The van der Waals surface area contributed by atoms with Crippen LogP contribution in [0, 0.1) is 0 Å². The van der Waals surface area contributed by atoms with Crippen molar-refractivity contribution < 1.29 is 32.2 Å². The molecule has 10 nitrogen and oxygen atoms in total. The maximum Gasteiger partial charge on any atom is 0.437 e. The molecule has 42 heavy (non-hydrogen) atoms. The number of carbonyl (C=O) groups is 1. The highest BCUT2D eigenvalue weighted by Crippen LogP contribution is 2.48. The van der Waals surface area contributed by atoms with E-state index < -0.39 is 23.6 Å². The number of fused-ring (bicyclic) bond motifs is 2. The zero-order valence-corrected chi connectivity index (χ0v) is 24.3. The van der Waals surface area contributed by atoms with Crippen molar-refractivity contribution in [1.29, 1.82) is 0 Å². The Morgan fingerprint density at radius 1 is 1.12 bits per heavy atom. The molecule has 3 fully saturated rings. The normalized spacial score (nSPS) is 23.3. The third-order valence-corrected chi connectivity index (χ3v) is 8.19. The molecule has 1 N–H and O–H groups in total. The number of alkyl halides is 3. The minimum Gasteiger partial charge on any atom is -0.481 e. The van der Waals surface area contributed by atoms with Gasteiger partial charge in [-0.15, -0.1) is 0 Å². The Morgan fingerprint density at radius 3 is 2.55 bits per heavy atom. The molecule has 228 valence electrons. The molecule has 13 heteroatoms. The highest BCUT2D eigenvalue weighted by Gasteiger charge is 2.44. The smallest absolute Gasteiger partial charge is 0.437 e. The van der Waals surface area contributed by atoms with Gasteiger partial charge >= 0.3 is 12.3 Å². The van der Waals surface area contributed by atoms with Crippen LogP contribution in [0.2, 0.25) is 0 Å². The maximum atomic E-state index is 14.4. The number of halogens is 3. The Hall–Kier alpha value is -3.32. The van der Waals surface area contributed by atoms with E-state index in [1.54, 1.807) is 24.1 Å². The fourth-order valence-corrected chi connectivity index (χ4v) is 6.10. The molecule has 2 atom stereocenters. The van der Waals surface area contributed by atoms with Crippen molar-refractivity contribution in [3.8, 4) is 5.75 Å². The van der Waals surface area contributed by atoms with Gasteiger partial charge in [-0.2, -0.15) is 13.2 Å². The molecule has 1 amide bonds. The fraction of sp³-hybridized carbons (Fsp3) is 0.621. The van der Waals surface area contributed by atoms with Crippen LogP contribution in [-0.4, -0.2) is 90.0 Å². The van der Waals surface area contributed by atoms with Crippen LogP contribution in [-0.2, 0) is 15.7 Å². The lowest BCUT2D eigenvalue weighted by Gasteiger charge is -2.43. The molecule has 0 aliphatic carbocycles. The van der Waals surface area contributed by atoms with Gasteiger partial charge in [0.15, 0.2) is 11.4 Å². The highest BCUT2D eigenvalue weighted by atomic mass is 19.4. The van der Waals surface area contributed by atoms with Crippen LogP contribution in [0.4, 0.5) is 35.2 Å². The van der Waals surface area contributed by atoms with E-state index in [0.717, 1.165) is 12.1 Å². The number of rotatable bonds is 3. The monoisotopic (exact) mass is 590 g/mol. The van der Waals surface area contributed by atoms with Gasteiger partial charge in [0.2, 0.25) is 0 Å². The van der Waals surface area contributed by atoms with E-state index in [1.807, 2.05) is 26.8 Å². The van der Waals surface area contributed by atoms with Gasteiger partial charge in [0.1, 0.15) is 17.5 Å².